The molecule has 0 heterocycles. The number of aryl methyl sites for hydroxylation is 2. The third kappa shape index (κ3) is 5.72. The molecule has 0 aliphatic carbocycles. The molecule has 4 rings (SSSR count). The lowest BCUT2D eigenvalue weighted by atomic mass is 9.98. The van der Waals surface area contributed by atoms with E-state index in [1.807, 2.05) is 78.9 Å². The number of ether oxygens (including phenoxy) is 2. The van der Waals surface area contributed by atoms with Crippen LogP contribution in [-0.2, 0) is 6.61 Å². The molecule has 0 saturated carbocycles. The van der Waals surface area contributed by atoms with Crippen LogP contribution in [0, 0.1) is 20.8 Å². The number of benzene rings is 4. The van der Waals surface area contributed by atoms with Gasteiger partial charge < -0.3 is 14.8 Å². The maximum absolute atomic E-state index is 13.4. The van der Waals surface area contributed by atoms with E-state index < -0.39 is 0 Å². The second-order valence-corrected chi connectivity index (χ2v) is 8.75. The van der Waals surface area contributed by atoms with Crippen molar-refractivity contribution in [3.63, 3.8) is 0 Å². The molecule has 0 spiro atoms. The Hall–Kier alpha value is -4.05. The summed E-state index contributed by atoms with van der Waals surface area (Å²) in [7, 11) is 1.63. The SMILES string of the molecule is COc1ccc(C(=O)NC(c2ccccc2)c2ccccc2)cc1COc1cc(C)cc(C)c1C. The summed E-state index contributed by atoms with van der Waals surface area (Å²) in [6.07, 6.45) is 0. The first-order chi connectivity index (χ1) is 17.0. The fraction of sp³-hybridized carbons (Fsp3) is 0.194. The van der Waals surface area contributed by atoms with Crippen molar-refractivity contribution in [2.75, 3.05) is 7.11 Å². The van der Waals surface area contributed by atoms with Crippen molar-refractivity contribution >= 4 is 5.91 Å². The minimum absolute atomic E-state index is 0.158. The average Bonchev–Trinajstić information content (AvgIpc) is 2.89. The summed E-state index contributed by atoms with van der Waals surface area (Å²) < 4.78 is 11.7. The number of methoxy groups -OCH3 is 1. The summed E-state index contributed by atoms with van der Waals surface area (Å²) in [5, 5.41) is 3.21. The minimum Gasteiger partial charge on any atom is -0.496 e. The second-order valence-electron chi connectivity index (χ2n) is 8.75. The number of hydrogen-bond donors (Lipinski definition) is 1. The van der Waals surface area contributed by atoms with Gasteiger partial charge >= 0.3 is 0 Å². The lowest BCUT2D eigenvalue weighted by molar-refractivity contribution is 0.0942. The van der Waals surface area contributed by atoms with Crippen molar-refractivity contribution in [3.8, 4) is 11.5 Å². The summed E-state index contributed by atoms with van der Waals surface area (Å²) >= 11 is 0. The molecule has 1 amide bonds. The Balaban J connectivity index is 1.59. The number of amides is 1. The molecule has 4 aromatic rings. The lowest BCUT2D eigenvalue weighted by Crippen LogP contribution is -2.29. The minimum atomic E-state index is -0.260. The highest BCUT2D eigenvalue weighted by Crippen LogP contribution is 2.28. The van der Waals surface area contributed by atoms with Crippen molar-refractivity contribution in [1.82, 2.24) is 5.32 Å². The third-order valence-electron chi connectivity index (χ3n) is 6.23. The molecular weight excluding hydrogens is 434 g/mol. The van der Waals surface area contributed by atoms with Gasteiger partial charge in [0.2, 0.25) is 0 Å². The third-order valence-corrected chi connectivity index (χ3v) is 6.23. The van der Waals surface area contributed by atoms with E-state index in [9.17, 15) is 4.79 Å². The average molecular weight is 466 g/mol. The Morgan fingerprint density at radius 2 is 1.43 bits per heavy atom. The van der Waals surface area contributed by atoms with E-state index in [-0.39, 0.29) is 11.9 Å². The van der Waals surface area contributed by atoms with E-state index in [0.29, 0.717) is 17.9 Å². The van der Waals surface area contributed by atoms with E-state index >= 15 is 0 Å². The van der Waals surface area contributed by atoms with Crippen LogP contribution in [0.5, 0.6) is 11.5 Å². The Kier molecular flexibility index (Phi) is 7.51. The zero-order chi connectivity index (χ0) is 24.8. The molecule has 4 nitrogen and oxygen atoms in total. The molecule has 1 N–H and O–H groups in total. The van der Waals surface area contributed by atoms with Crippen LogP contribution in [0.15, 0.2) is 91.0 Å². The van der Waals surface area contributed by atoms with Crippen molar-refractivity contribution in [3.05, 3.63) is 130 Å². The molecule has 0 radical (unpaired) electrons. The van der Waals surface area contributed by atoms with Gasteiger partial charge in [-0.25, -0.2) is 0 Å². The van der Waals surface area contributed by atoms with Crippen LogP contribution in [0.3, 0.4) is 0 Å². The van der Waals surface area contributed by atoms with Gasteiger partial charge in [0.25, 0.3) is 5.91 Å². The quantitative estimate of drug-likeness (QED) is 0.314. The zero-order valence-corrected chi connectivity index (χ0v) is 20.7. The van der Waals surface area contributed by atoms with Crippen LogP contribution < -0.4 is 14.8 Å². The molecule has 178 valence electrons. The fourth-order valence-corrected chi connectivity index (χ4v) is 4.20. The monoisotopic (exact) mass is 465 g/mol. The van der Waals surface area contributed by atoms with E-state index in [4.69, 9.17) is 9.47 Å². The van der Waals surface area contributed by atoms with E-state index in [2.05, 4.69) is 32.2 Å². The van der Waals surface area contributed by atoms with Crippen LogP contribution in [0.1, 0.15) is 49.8 Å². The van der Waals surface area contributed by atoms with Gasteiger partial charge in [0.05, 0.1) is 13.2 Å². The molecule has 0 atom stereocenters. The van der Waals surface area contributed by atoms with Crippen molar-refractivity contribution in [2.45, 2.75) is 33.4 Å². The predicted molar refractivity (Wildman–Crippen MR) is 140 cm³/mol. The number of hydrogen-bond acceptors (Lipinski definition) is 3. The van der Waals surface area contributed by atoms with Gasteiger partial charge in [-0.2, -0.15) is 0 Å². The Labute approximate surface area is 207 Å². The molecule has 4 heteroatoms. The van der Waals surface area contributed by atoms with Crippen molar-refractivity contribution in [2.24, 2.45) is 0 Å². The molecule has 0 aliphatic heterocycles. The van der Waals surface area contributed by atoms with Gasteiger partial charge in [-0.15, -0.1) is 0 Å². The summed E-state index contributed by atoms with van der Waals surface area (Å²) in [5.74, 6) is 1.37. The first kappa shape index (κ1) is 24.1. The number of carbonyl (C=O) groups excluding carboxylic acids is 1. The van der Waals surface area contributed by atoms with Gasteiger partial charge in [-0.1, -0.05) is 66.7 Å². The maximum Gasteiger partial charge on any atom is 0.252 e. The van der Waals surface area contributed by atoms with Crippen LogP contribution in [0.25, 0.3) is 0 Å². The largest absolute Gasteiger partial charge is 0.496 e. The fourth-order valence-electron chi connectivity index (χ4n) is 4.20. The summed E-state index contributed by atoms with van der Waals surface area (Å²) in [6, 6.07) is 29.3. The highest BCUT2D eigenvalue weighted by atomic mass is 16.5. The highest BCUT2D eigenvalue weighted by molar-refractivity contribution is 5.95. The number of carbonyl (C=O) groups is 1. The molecule has 0 aromatic heterocycles. The molecule has 0 saturated heterocycles. The van der Waals surface area contributed by atoms with Crippen molar-refractivity contribution < 1.29 is 14.3 Å². The Morgan fingerprint density at radius 1 is 0.800 bits per heavy atom. The van der Waals surface area contributed by atoms with Gasteiger partial charge in [0, 0.05) is 11.1 Å². The molecule has 0 unspecified atom stereocenters. The first-order valence-electron chi connectivity index (χ1n) is 11.7. The molecule has 0 aliphatic rings. The standard InChI is InChI=1S/C31H31NO3/c1-21-17-22(2)23(3)29(18-21)35-20-27-19-26(15-16-28(27)34-4)31(33)32-30(24-11-7-5-8-12-24)25-13-9-6-10-14-25/h5-19,30H,20H2,1-4H3,(H,32,33). The smallest absolute Gasteiger partial charge is 0.252 e. The van der Waals surface area contributed by atoms with Crippen LogP contribution >= 0.6 is 0 Å². The molecule has 0 bridgehead atoms. The van der Waals surface area contributed by atoms with Gasteiger partial charge in [0.15, 0.2) is 0 Å². The van der Waals surface area contributed by atoms with Crippen molar-refractivity contribution in [1.29, 1.82) is 0 Å². The summed E-state index contributed by atoms with van der Waals surface area (Å²) in [6.45, 7) is 6.49. The van der Waals surface area contributed by atoms with Crippen LogP contribution in [-0.4, -0.2) is 13.0 Å². The second kappa shape index (κ2) is 10.9. The number of rotatable bonds is 8. The van der Waals surface area contributed by atoms with Gasteiger partial charge in [-0.3, -0.25) is 4.79 Å². The summed E-state index contributed by atoms with van der Waals surface area (Å²) in [4.78, 5) is 13.4. The molecular formula is C31H31NO3. The molecule has 4 aromatic carbocycles. The Morgan fingerprint density at radius 3 is 2.03 bits per heavy atom. The summed E-state index contributed by atoms with van der Waals surface area (Å²) in [5.41, 5.74) is 6.86. The lowest BCUT2D eigenvalue weighted by Gasteiger charge is -2.20. The van der Waals surface area contributed by atoms with E-state index in [1.165, 1.54) is 5.56 Å². The molecule has 0 fully saturated rings. The number of nitrogens with one attached hydrogen (secondary N) is 1. The first-order valence-corrected chi connectivity index (χ1v) is 11.7. The topological polar surface area (TPSA) is 47.6 Å². The molecule has 35 heavy (non-hydrogen) atoms. The van der Waals surface area contributed by atoms with Crippen LogP contribution in [0.2, 0.25) is 0 Å². The predicted octanol–water partition coefficient (Wildman–Crippen LogP) is 6.72. The van der Waals surface area contributed by atoms with E-state index in [1.54, 1.807) is 13.2 Å². The van der Waals surface area contributed by atoms with Crippen LogP contribution in [0.4, 0.5) is 0 Å². The highest BCUT2D eigenvalue weighted by Gasteiger charge is 2.19. The van der Waals surface area contributed by atoms with Gasteiger partial charge in [-0.05, 0) is 72.9 Å². The van der Waals surface area contributed by atoms with Gasteiger partial charge in [0.1, 0.15) is 18.1 Å². The zero-order valence-electron chi connectivity index (χ0n) is 20.7. The maximum atomic E-state index is 13.4. The Bertz CT molecular complexity index is 1260. The van der Waals surface area contributed by atoms with E-state index in [0.717, 1.165) is 33.6 Å². The normalized spacial score (nSPS) is 10.8.